The molecule has 0 unspecified atom stereocenters. The molecule has 0 bridgehead atoms. The molecule has 9 nitrogen and oxygen atoms in total. The van der Waals surface area contributed by atoms with E-state index in [-0.39, 0.29) is 32.7 Å². The highest BCUT2D eigenvalue weighted by molar-refractivity contribution is 8.18. The summed E-state index contributed by atoms with van der Waals surface area (Å²) >= 11 is 6.56. The van der Waals surface area contributed by atoms with Gasteiger partial charge in [-0.15, -0.1) is 0 Å². The second-order valence-electron chi connectivity index (χ2n) is 6.79. The Morgan fingerprint density at radius 2 is 1.89 bits per heavy atom. The van der Waals surface area contributed by atoms with Gasteiger partial charge in [-0.2, -0.15) is 8.78 Å². The molecule has 2 aromatic rings. The van der Waals surface area contributed by atoms with Gasteiger partial charge >= 0.3 is 12.6 Å². The molecule has 0 aromatic heterocycles. The Labute approximate surface area is 206 Å². The SMILES string of the molecule is COC(=O)c1cc(NC(=O)CN2C(=O)S/C(=C\c3ccc(OC(F)F)c(OC)c3)C2=O)ccc1Cl. The maximum absolute atomic E-state index is 12.7. The van der Waals surface area contributed by atoms with Gasteiger partial charge in [-0.1, -0.05) is 17.7 Å². The summed E-state index contributed by atoms with van der Waals surface area (Å²) in [4.78, 5) is 50.0. The number of carbonyl (C=O) groups excluding carboxylic acids is 4. The van der Waals surface area contributed by atoms with E-state index in [4.69, 9.17) is 16.3 Å². The minimum Gasteiger partial charge on any atom is -0.493 e. The van der Waals surface area contributed by atoms with Crippen LogP contribution in [0.2, 0.25) is 5.02 Å². The van der Waals surface area contributed by atoms with Crippen LogP contribution >= 0.6 is 23.4 Å². The Bertz CT molecular complexity index is 1220. The predicted molar refractivity (Wildman–Crippen MR) is 124 cm³/mol. The Morgan fingerprint density at radius 1 is 1.14 bits per heavy atom. The number of alkyl halides is 2. The van der Waals surface area contributed by atoms with Gasteiger partial charge < -0.3 is 19.5 Å². The topological polar surface area (TPSA) is 111 Å². The first kappa shape index (κ1) is 26.0. The van der Waals surface area contributed by atoms with Crippen LogP contribution in [0.1, 0.15) is 15.9 Å². The first-order valence-electron chi connectivity index (χ1n) is 9.69. The lowest BCUT2D eigenvalue weighted by molar-refractivity contribution is -0.127. The molecule has 2 aromatic carbocycles. The smallest absolute Gasteiger partial charge is 0.387 e. The molecule has 1 fully saturated rings. The number of anilines is 1. The summed E-state index contributed by atoms with van der Waals surface area (Å²) < 4.78 is 39.0. The van der Waals surface area contributed by atoms with Gasteiger partial charge in [0.1, 0.15) is 6.54 Å². The first-order valence-corrected chi connectivity index (χ1v) is 10.9. The maximum Gasteiger partial charge on any atom is 0.387 e. The van der Waals surface area contributed by atoms with E-state index in [1.165, 1.54) is 56.7 Å². The highest BCUT2D eigenvalue weighted by atomic mass is 35.5. The molecule has 1 saturated heterocycles. The highest BCUT2D eigenvalue weighted by Gasteiger charge is 2.36. The van der Waals surface area contributed by atoms with Gasteiger partial charge in [0, 0.05) is 5.69 Å². The third-order valence-electron chi connectivity index (χ3n) is 4.53. The standard InChI is InChI=1S/C22H17ClF2N2O7S/c1-32-16-7-11(3-6-15(16)34-21(24)25)8-17-19(29)27(22(31)35-17)10-18(28)26-12-4-5-14(23)13(9-12)20(30)33-2/h3-9,21H,10H2,1-2H3,(H,26,28)/b17-8-. The minimum absolute atomic E-state index is 0.00643. The lowest BCUT2D eigenvalue weighted by Crippen LogP contribution is -2.36. The number of nitrogens with zero attached hydrogens (tertiary/aromatic N) is 1. The Kier molecular flexibility index (Phi) is 8.30. The molecule has 3 amide bonds. The molecule has 0 radical (unpaired) electrons. The number of nitrogens with one attached hydrogen (secondary N) is 1. The number of amides is 3. The van der Waals surface area contributed by atoms with Crippen molar-refractivity contribution in [2.75, 3.05) is 26.1 Å². The van der Waals surface area contributed by atoms with Crippen LogP contribution in [-0.4, -0.2) is 55.3 Å². The van der Waals surface area contributed by atoms with Crippen LogP contribution in [0.5, 0.6) is 11.5 Å². The molecule has 0 aliphatic carbocycles. The third-order valence-corrected chi connectivity index (χ3v) is 5.77. The van der Waals surface area contributed by atoms with E-state index in [2.05, 4.69) is 14.8 Å². The van der Waals surface area contributed by atoms with Crippen LogP contribution in [0.25, 0.3) is 6.08 Å². The molecule has 1 heterocycles. The number of imide groups is 1. The number of ether oxygens (including phenoxy) is 3. The van der Waals surface area contributed by atoms with Crippen LogP contribution < -0.4 is 14.8 Å². The zero-order valence-electron chi connectivity index (χ0n) is 18.2. The molecule has 1 N–H and O–H groups in total. The van der Waals surface area contributed by atoms with Crippen molar-refractivity contribution >= 4 is 58.1 Å². The summed E-state index contributed by atoms with van der Waals surface area (Å²) in [5.41, 5.74) is 0.622. The van der Waals surface area contributed by atoms with Crippen LogP contribution in [0.15, 0.2) is 41.3 Å². The van der Waals surface area contributed by atoms with Gasteiger partial charge in [-0.3, -0.25) is 19.3 Å². The molecule has 0 atom stereocenters. The fraction of sp³-hybridized carbons (Fsp3) is 0.182. The molecule has 1 aliphatic heterocycles. The number of thioether (sulfide) groups is 1. The predicted octanol–water partition coefficient (Wildman–Crippen LogP) is 4.41. The number of esters is 1. The second-order valence-corrected chi connectivity index (χ2v) is 8.19. The van der Waals surface area contributed by atoms with Crippen LogP contribution in [0.4, 0.5) is 19.3 Å². The van der Waals surface area contributed by atoms with Gasteiger partial charge in [0.15, 0.2) is 11.5 Å². The zero-order valence-corrected chi connectivity index (χ0v) is 19.7. The molecule has 0 saturated carbocycles. The van der Waals surface area contributed by atoms with Crippen molar-refractivity contribution in [2.24, 2.45) is 0 Å². The molecule has 3 rings (SSSR count). The second kappa shape index (κ2) is 11.2. The quantitative estimate of drug-likeness (QED) is 0.398. The third kappa shape index (κ3) is 6.28. The van der Waals surface area contributed by atoms with Crippen molar-refractivity contribution in [3.05, 3.63) is 57.5 Å². The molecular weight excluding hydrogens is 510 g/mol. The highest BCUT2D eigenvalue weighted by Crippen LogP contribution is 2.35. The fourth-order valence-corrected chi connectivity index (χ4v) is 4.00. The van der Waals surface area contributed by atoms with E-state index in [1.807, 2.05) is 0 Å². The van der Waals surface area contributed by atoms with Crippen LogP contribution in [-0.2, 0) is 14.3 Å². The molecule has 35 heavy (non-hydrogen) atoms. The normalized spacial score (nSPS) is 14.5. The van der Waals surface area contributed by atoms with E-state index in [9.17, 15) is 28.0 Å². The monoisotopic (exact) mass is 526 g/mol. The number of hydrogen-bond acceptors (Lipinski definition) is 8. The van der Waals surface area contributed by atoms with Gasteiger partial charge in [-0.05, 0) is 53.7 Å². The van der Waals surface area contributed by atoms with Crippen molar-refractivity contribution in [1.29, 1.82) is 0 Å². The van der Waals surface area contributed by atoms with E-state index in [0.29, 0.717) is 17.3 Å². The minimum atomic E-state index is -3.04. The van der Waals surface area contributed by atoms with Gasteiger partial charge in [0.2, 0.25) is 5.91 Å². The average Bonchev–Trinajstić information content (AvgIpc) is 3.07. The summed E-state index contributed by atoms with van der Waals surface area (Å²) in [6, 6.07) is 8.13. The molecule has 13 heteroatoms. The summed E-state index contributed by atoms with van der Waals surface area (Å²) in [6.07, 6.45) is 1.36. The number of halogens is 3. The van der Waals surface area contributed by atoms with Crippen molar-refractivity contribution in [1.82, 2.24) is 4.90 Å². The molecule has 1 aliphatic rings. The van der Waals surface area contributed by atoms with E-state index < -0.39 is 36.2 Å². The Balaban J connectivity index is 1.72. The number of benzene rings is 2. The summed E-state index contributed by atoms with van der Waals surface area (Å²) in [6.45, 7) is -3.62. The van der Waals surface area contributed by atoms with E-state index in [1.54, 1.807) is 0 Å². The lowest BCUT2D eigenvalue weighted by Gasteiger charge is -2.13. The van der Waals surface area contributed by atoms with Crippen molar-refractivity contribution in [2.45, 2.75) is 6.61 Å². The van der Waals surface area contributed by atoms with Crippen LogP contribution in [0.3, 0.4) is 0 Å². The average molecular weight is 527 g/mol. The maximum atomic E-state index is 12.7. The van der Waals surface area contributed by atoms with Gasteiger partial charge in [-0.25, -0.2) is 4.79 Å². The Hall–Kier alpha value is -3.64. The number of rotatable bonds is 8. The summed E-state index contributed by atoms with van der Waals surface area (Å²) in [5.74, 6) is -2.29. The number of methoxy groups -OCH3 is 2. The number of hydrogen-bond donors (Lipinski definition) is 1. The van der Waals surface area contributed by atoms with Gasteiger partial charge in [0.25, 0.3) is 11.1 Å². The van der Waals surface area contributed by atoms with Crippen LogP contribution in [0, 0.1) is 0 Å². The van der Waals surface area contributed by atoms with Crippen molar-refractivity contribution < 1.29 is 42.2 Å². The van der Waals surface area contributed by atoms with Crippen molar-refractivity contribution in [3.8, 4) is 11.5 Å². The molecule has 0 spiro atoms. The largest absolute Gasteiger partial charge is 0.493 e. The number of carbonyl (C=O) groups is 4. The first-order chi connectivity index (χ1) is 16.6. The summed E-state index contributed by atoms with van der Waals surface area (Å²) in [7, 11) is 2.44. The zero-order chi connectivity index (χ0) is 25.7. The summed E-state index contributed by atoms with van der Waals surface area (Å²) in [5, 5.41) is 1.93. The fourth-order valence-electron chi connectivity index (χ4n) is 2.97. The van der Waals surface area contributed by atoms with Crippen molar-refractivity contribution in [3.63, 3.8) is 0 Å². The Morgan fingerprint density at radius 3 is 2.54 bits per heavy atom. The lowest BCUT2D eigenvalue weighted by atomic mass is 10.2. The molecular formula is C22H17ClF2N2O7S. The van der Waals surface area contributed by atoms with E-state index >= 15 is 0 Å². The molecule has 184 valence electrons. The van der Waals surface area contributed by atoms with Gasteiger partial charge in [0.05, 0.1) is 29.7 Å². The van der Waals surface area contributed by atoms with E-state index in [0.717, 1.165) is 4.90 Å².